The van der Waals surface area contributed by atoms with Gasteiger partial charge in [-0.3, -0.25) is 4.79 Å². The van der Waals surface area contributed by atoms with Gasteiger partial charge in [-0.05, 0) is 50.6 Å². The Labute approximate surface area is 220 Å². The first-order valence-electron chi connectivity index (χ1n) is 11.7. The highest BCUT2D eigenvalue weighted by Crippen LogP contribution is 2.27. The zero-order valence-electron chi connectivity index (χ0n) is 20.8. The molecule has 0 spiro atoms. The SMILES string of the molecule is CC[N+](O)(CC)c1ccc(NC(=O)c2c(-c3ccccc3)noc2C)cc1.O=C([O-])c1cccc(Cl)c1. The van der Waals surface area contributed by atoms with Gasteiger partial charge < -0.3 is 19.7 Å². The first-order chi connectivity index (χ1) is 17.7. The Balaban J connectivity index is 0.000000319. The van der Waals surface area contributed by atoms with Gasteiger partial charge in [0.05, 0.1) is 5.97 Å². The summed E-state index contributed by atoms with van der Waals surface area (Å²) < 4.78 is 5.11. The quantitative estimate of drug-likeness (QED) is 0.250. The lowest BCUT2D eigenvalue weighted by Crippen LogP contribution is -2.45. The lowest BCUT2D eigenvalue weighted by Gasteiger charge is -2.26. The van der Waals surface area contributed by atoms with Crippen LogP contribution in [0, 0.1) is 6.92 Å². The third-order valence-electron chi connectivity index (χ3n) is 5.85. The number of carbonyl (C=O) groups excluding carboxylic acids is 2. The van der Waals surface area contributed by atoms with Crippen LogP contribution in [0.25, 0.3) is 11.3 Å². The Bertz CT molecular complexity index is 1350. The van der Waals surface area contributed by atoms with E-state index in [1.54, 1.807) is 31.2 Å². The number of quaternary nitrogens is 1. The Morgan fingerprint density at radius 2 is 1.65 bits per heavy atom. The zero-order chi connectivity index (χ0) is 27.0. The highest BCUT2D eigenvalue weighted by molar-refractivity contribution is 6.30. The molecular weight excluding hydrogens is 494 g/mol. The molecule has 3 aromatic carbocycles. The molecule has 0 saturated carbocycles. The van der Waals surface area contributed by atoms with E-state index in [0.717, 1.165) is 11.3 Å². The van der Waals surface area contributed by atoms with E-state index < -0.39 is 5.97 Å². The number of benzene rings is 3. The molecule has 9 heteroatoms. The van der Waals surface area contributed by atoms with Crippen molar-refractivity contribution in [3.05, 3.63) is 101 Å². The number of carboxylic acid groups (broad SMARTS) is 1. The molecule has 0 aliphatic heterocycles. The van der Waals surface area contributed by atoms with E-state index in [9.17, 15) is 19.9 Å². The predicted octanol–water partition coefficient (Wildman–Crippen LogP) is 5.34. The number of carboxylic acids is 1. The van der Waals surface area contributed by atoms with Crippen LogP contribution in [0.1, 0.15) is 40.3 Å². The summed E-state index contributed by atoms with van der Waals surface area (Å²) in [6.07, 6.45) is 0. The largest absolute Gasteiger partial charge is 0.545 e. The van der Waals surface area contributed by atoms with Crippen LogP contribution in [0.2, 0.25) is 5.02 Å². The smallest absolute Gasteiger partial charge is 0.261 e. The normalized spacial score (nSPS) is 10.8. The molecule has 1 aromatic heterocycles. The molecule has 4 aromatic rings. The number of nitrogens with one attached hydrogen (secondary N) is 1. The number of aromatic carboxylic acids is 1. The molecule has 0 bridgehead atoms. The number of aromatic nitrogens is 1. The van der Waals surface area contributed by atoms with Gasteiger partial charge in [0, 0.05) is 28.4 Å². The molecule has 37 heavy (non-hydrogen) atoms. The van der Waals surface area contributed by atoms with Gasteiger partial charge in [0.15, 0.2) is 5.69 Å². The van der Waals surface area contributed by atoms with Crippen molar-refractivity contribution in [3.63, 3.8) is 0 Å². The van der Waals surface area contributed by atoms with Gasteiger partial charge in [0.1, 0.15) is 30.1 Å². The molecular formula is C28H28ClN3O5. The second kappa shape index (κ2) is 12.3. The Morgan fingerprint density at radius 1 is 1.00 bits per heavy atom. The van der Waals surface area contributed by atoms with Crippen molar-refractivity contribution in [1.82, 2.24) is 9.80 Å². The Kier molecular flexibility index (Phi) is 9.19. The first kappa shape index (κ1) is 27.6. The third-order valence-corrected chi connectivity index (χ3v) is 6.08. The zero-order valence-corrected chi connectivity index (χ0v) is 21.5. The maximum atomic E-state index is 12.8. The third kappa shape index (κ3) is 6.83. The molecule has 8 nitrogen and oxygen atoms in total. The maximum Gasteiger partial charge on any atom is 0.261 e. The highest BCUT2D eigenvalue weighted by atomic mass is 35.5. The van der Waals surface area contributed by atoms with Crippen molar-refractivity contribution in [3.8, 4) is 11.3 Å². The molecule has 0 saturated heterocycles. The van der Waals surface area contributed by atoms with Gasteiger partial charge in [-0.15, -0.1) is 0 Å². The van der Waals surface area contributed by atoms with Crippen LogP contribution in [0.4, 0.5) is 11.4 Å². The molecule has 0 aliphatic carbocycles. The minimum absolute atomic E-state index is 0.104. The van der Waals surface area contributed by atoms with Crippen molar-refractivity contribution < 1.29 is 24.4 Å². The number of rotatable bonds is 7. The van der Waals surface area contributed by atoms with Crippen LogP contribution in [-0.2, 0) is 0 Å². The molecule has 0 fully saturated rings. The minimum Gasteiger partial charge on any atom is -0.545 e. The lowest BCUT2D eigenvalue weighted by molar-refractivity contribution is -0.255. The van der Waals surface area contributed by atoms with Crippen molar-refractivity contribution in [2.75, 3.05) is 18.4 Å². The van der Waals surface area contributed by atoms with E-state index in [2.05, 4.69) is 10.5 Å². The summed E-state index contributed by atoms with van der Waals surface area (Å²) in [4.78, 5) is 23.0. The van der Waals surface area contributed by atoms with E-state index in [0.29, 0.717) is 40.8 Å². The van der Waals surface area contributed by atoms with E-state index >= 15 is 0 Å². The van der Waals surface area contributed by atoms with Crippen LogP contribution in [0.3, 0.4) is 0 Å². The number of hydrogen-bond donors (Lipinski definition) is 2. The highest BCUT2D eigenvalue weighted by Gasteiger charge is 2.25. The summed E-state index contributed by atoms with van der Waals surface area (Å²) in [6.45, 7) is 6.72. The van der Waals surface area contributed by atoms with Gasteiger partial charge in [-0.1, -0.05) is 59.2 Å². The second-order valence-electron chi connectivity index (χ2n) is 8.18. The van der Waals surface area contributed by atoms with Crippen LogP contribution in [0.5, 0.6) is 0 Å². The molecule has 4 rings (SSSR count). The molecule has 1 heterocycles. The van der Waals surface area contributed by atoms with E-state index in [1.165, 1.54) is 12.1 Å². The first-order valence-corrected chi connectivity index (χ1v) is 12.1. The molecule has 192 valence electrons. The van der Waals surface area contributed by atoms with Crippen molar-refractivity contribution in [2.24, 2.45) is 0 Å². The van der Waals surface area contributed by atoms with Crippen molar-refractivity contribution in [2.45, 2.75) is 20.8 Å². The number of aryl methyl sites for hydroxylation is 1. The van der Waals surface area contributed by atoms with E-state index in [4.69, 9.17) is 16.1 Å². The number of anilines is 1. The molecule has 1 amide bonds. The lowest BCUT2D eigenvalue weighted by atomic mass is 10.1. The Hall–Kier alpha value is -3.98. The Morgan fingerprint density at radius 3 is 2.19 bits per heavy atom. The monoisotopic (exact) mass is 521 g/mol. The van der Waals surface area contributed by atoms with E-state index in [1.807, 2.05) is 56.3 Å². The number of nitrogens with zero attached hydrogens (tertiary/aromatic N) is 2. The van der Waals surface area contributed by atoms with Crippen LogP contribution in [0.15, 0.2) is 83.4 Å². The molecule has 2 N–H and O–H groups in total. The molecule has 0 atom stereocenters. The summed E-state index contributed by atoms with van der Waals surface area (Å²) in [5.41, 5.74) is 3.28. The average molecular weight is 522 g/mol. The predicted molar refractivity (Wildman–Crippen MR) is 142 cm³/mol. The topological polar surface area (TPSA) is 115 Å². The second-order valence-corrected chi connectivity index (χ2v) is 8.62. The number of carbonyl (C=O) groups is 2. The number of amides is 1. The molecule has 0 unspecified atom stereocenters. The summed E-state index contributed by atoms with van der Waals surface area (Å²) in [6, 6.07) is 22.6. The van der Waals surface area contributed by atoms with Crippen molar-refractivity contribution >= 4 is 34.9 Å². The van der Waals surface area contributed by atoms with Gasteiger partial charge in [-0.2, -0.15) is 4.65 Å². The van der Waals surface area contributed by atoms with Crippen LogP contribution >= 0.6 is 11.6 Å². The maximum absolute atomic E-state index is 12.8. The molecule has 0 radical (unpaired) electrons. The van der Waals surface area contributed by atoms with Gasteiger partial charge >= 0.3 is 0 Å². The number of hydrogen-bond acceptors (Lipinski definition) is 6. The van der Waals surface area contributed by atoms with Crippen LogP contribution in [-0.4, -0.2) is 35.3 Å². The van der Waals surface area contributed by atoms with Gasteiger partial charge in [0.2, 0.25) is 0 Å². The van der Waals surface area contributed by atoms with Crippen LogP contribution < -0.4 is 15.1 Å². The van der Waals surface area contributed by atoms with Gasteiger partial charge in [-0.25, -0.2) is 5.21 Å². The number of hydroxylamine groups is 2. The number of halogens is 1. The molecule has 0 aliphatic rings. The summed E-state index contributed by atoms with van der Waals surface area (Å²) >= 11 is 5.50. The minimum atomic E-state index is -1.21. The fraction of sp³-hybridized carbons (Fsp3) is 0.179. The summed E-state index contributed by atoms with van der Waals surface area (Å²) in [5, 5.41) is 28.1. The van der Waals surface area contributed by atoms with E-state index in [-0.39, 0.29) is 16.1 Å². The fourth-order valence-electron chi connectivity index (χ4n) is 3.65. The summed E-state index contributed by atoms with van der Waals surface area (Å²) in [7, 11) is 0. The fourth-order valence-corrected chi connectivity index (χ4v) is 3.84. The van der Waals surface area contributed by atoms with Crippen molar-refractivity contribution in [1.29, 1.82) is 0 Å². The standard InChI is InChI=1S/C21H23N3O3.C7H5ClO2/c1-4-24(26,5-2)18-13-11-17(12-14-18)22-21(25)19-15(3)27-23-20(19)16-9-7-6-8-10-16;8-6-3-1-2-5(4-6)7(9)10/h6-14,26H,4-5H2,1-3H3;1-4H,(H,9,10). The summed E-state index contributed by atoms with van der Waals surface area (Å²) in [5.74, 6) is -1.02. The van der Waals surface area contributed by atoms with Gasteiger partial charge in [0.25, 0.3) is 5.91 Å². The average Bonchev–Trinajstić information content (AvgIpc) is 3.31.